The molecule has 1 atom stereocenters. The molecular formula is C18H29ClN4O4S. The highest BCUT2D eigenvalue weighted by Crippen LogP contribution is 2.25. The van der Waals surface area contributed by atoms with Gasteiger partial charge in [0.25, 0.3) is 5.91 Å². The van der Waals surface area contributed by atoms with Crippen molar-refractivity contribution >= 4 is 34.2 Å². The Morgan fingerprint density at radius 2 is 1.86 bits per heavy atom. The normalized spacial score (nSPS) is 17.5. The molecule has 1 saturated heterocycles. The molecular weight excluding hydrogens is 404 g/mol. The van der Waals surface area contributed by atoms with Gasteiger partial charge in [0.15, 0.2) is 0 Å². The van der Waals surface area contributed by atoms with Crippen molar-refractivity contribution in [2.24, 2.45) is 5.73 Å². The Morgan fingerprint density at radius 3 is 2.43 bits per heavy atom. The van der Waals surface area contributed by atoms with Gasteiger partial charge in [0.2, 0.25) is 15.9 Å². The van der Waals surface area contributed by atoms with E-state index in [0.717, 1.165) is 12.8 Å². The number of hydrogen-bond donors (Lipinski definition) is 2. The Labute approximate surface area is 172 Å². The fourth-order valence-electron chi connectivity index (χ4n) is 3.11. The zero-order valence-electron chi connectivity index (χ0n) is 16.3. The number of nitrogens with zero attached hydrogens (tertiary/aromatic N) is 2. The fraction of sp³-hybridized carbons (Fsp3) is 0.556. The van der Waals surface area contributed by atoms with Crippen molar-refractivity contribution in [2.45, 2.75) is 36.6 Å². The van der Waals surface area contributed by atoms with Crippen LogP contribution < -0.4 is 11.1 Å². The van der Waals surface area contributed by atoms with Crippen molar-refractivity contribution in [1.29, 1.82) is 0 Å². The molecule has 0 aliphatic carbocycles. The van der Waals surface area contributed by atoms with Crippen molar-refractivity contribution in [1.82, 2.24) is 14.5 Å². The van der Waals surface area contributed by atoms with Crippen molar-refractivity contribution < 1.29 is 18.0 Å². The van der Waals surface area contributed by atoms with Crippen LogP contribution in [0.4, 0.5) is 0 Å². The minimum absolute atomic E-state index is 0. The molecule has 0 bridgehead atoms. The smallest absolute Gasteiger partial charge is 0.253 e. The zero-order chi connectivity index (χ0) is 20.0. The average Bonchev–Trinajstić information content (AvgIpc) is 2.66. The number of nitrogens with two attached hydrogens (primary N) is 1. The number of benzene rings is 1. The maximum absolute atomic E-state index is 13.1. The van der Waals surface area contributed by atoms with Gasteiger partial charge in [0.1, 0.15) is 0 Å². The van der Waals surface area contributed by atoms with E-state index in [0.29, 0.717) is 18.5 Å². The van der Waals surface area contributed by atoms with Gasteiger partial charge >= 0.3 is 0 Å². The summed E-state index contributed by atoms with van der Waals surface area (Å²) in [5, 5.41) is 2.77. The van der Waals surface area contributed by atoms with Gasteiger partial charge in [0, 0.05) is 51.8 Å². The Kier molecular flexibility index (Phi) is 9.35. The van der Waals surface area contributed by atoms with Gasteiger partial charge in [-0.25, -0.2) is 8.42 Å². The third kappa shape index (κ3) is 5.91. The number of amides is 2. The van der Waals surface area contributed by atoms with Crippen LogP contribution >= 0.6 is 12.4 Å². The lowest BCUT2D eigenvalue weighted by atomic mass is 10.1. The third-order valence-electron chi connectivity index (χ3n) is 4.59. The Balaban J connectivity index is 0.00000392. The Bertz CT molecular complexity index is 768. The van der Waals surface area contributed by atoms with Crippen LogP contribution in [0.5, 0.6) is 0 Å². The zero-order valence-corrected chi connectivity index (χ0v) is 17.9. The van der Waals surface area contributed by atoms with Crippen LogP contribution in [0.1, 0.15) is 36.0 Å². The Morgan fingerprint density at radius 1 is 1.21 bits per heavy atom. The third-order valence-corrected chi connectivity index (χ3v) is 6.56. The first kappa shape index (κ1) is 24.4. The van der Waals surface area contributed by atoms with Gasteiger partial charge in [0.05, 0.1) is 4.90 Å². The molecule has 158 valence electrons. The molecule has 1 aromatic rings. The van der Waals surface area contributed by atoms with Gasteiger partial charge < -0.3 is 16.0 Å². The minimum atomic E-state index is -3.70. The van der Waals surface area contributed by atoms with Crippen molar-refractivity contribution in [3.63, 3.8) is 0 Å². The first-order chi connectivity index (χ1) is 12.8. The molecule has 1 aliphatic rings. The summed E-state index contributed by atoms with van der Waals surface area (Å²) in [5.74, 6) is -0.357. The van der Waals surface area contributed by atoms with Crippen molar-refractivity contribution in [2.75, 3.05) is 33.7 Å². The lowest BCUT2D eigenvalue weighted by molar-refractivity contribution is -0.121. The molecule has 2 rings (SSSR count). The quantitative estimate of drug-likeness (QED) is 0.662. The van der Waals surface area contributed by atoms with E-state index in [1.165, 1.54) is 33.5 Å². The summed E-state index contributed by atoms with van der Waals surface area (Å²) in [7, 11) is -0.415. The SMILES string of the molecule is CN(C)C(=O)c1ccc(S(=O)(=O)N2CCCCC2CNC(=O)CCN)cc1.Cl. The maximum atomic E-state index is 13.1. The summed E-state index contributed by atoms with van der Waals surface area (Å²) < 4.78 is 27.6. The predicted molar refractivity (Wildman–Crippen MR) is 110 cm³/mol. The van der Waals surface area contributed by atoms with Crippen LogP contribution in [0.2, 0.25) is 0 Å². The second kappa shape index (κ2) is 10.8. The minimum Gasteiger partial charge on any atom is -0.354 e. The summed E-state index contributed by atoms with van der Waals surface area (Å²) in [4.78, 5) is 25.2. The van der Waals surface area contributed by atoms with E-state index in [-0.39, 0.29) is 54.7 Å². The highest BCUT2D eigenvalue weighted by atomic mass is 35.5. The van der Waals surface area contributed by atoms with E-state index >= 15 is 0 Å². The molecule has 2 amide bonds. The van der Waals surface area contributed by atoms with Gasteiger partial charge in [-0.15, -0.1) is 12.4 Å². The maximum Gasteiger partial charge on any atom is 0.253 e. The molecule has 1 unspecified atom stereocenters. The van der Waals surface area contributed by atoms with Crippen LogP contribution in [0.3, 0.4) is 0 Å². The van der Waals surface area contributed by atoms with Crippen LogP contribution in [-0.4, -0.2) is 69.2 Å². The van der Waals surface area contributed by atoms with E-state index in [1.54, 1.807) is 14.1 Å². The first-order valence-electron chi connectivity index (χ1n) is 9.07. The number of sulfonamides is 1. The van der Waals surface area contributed by atoms with Crippen LogP contribution in [0.25, 0.3) is 0 Å². The number of nitrogens with one attached hydrogen (secondary N) is 1. The molecule has 0 saturated carbocycles. The highest BCUT2D eigenvalue weighted by molar-refractivity contribution is 7.89. The molecule has 10 heteroatoms. The number of halogens is 1. The van der Waals surface area contributed by atoms with Crippen LogP contribution in [0, 0.1) is 0 Å². The number of piperidine rings is 1. The molecule has 28 heavy (non-hydrogen) atoms. The monoisotopic (exact) mass is 432 g/mol. The van der Waals surface area contributed by atoms with Crippen LogP contribution in [-0.2, 0) is 14.8 Å². The molecule has 0 spiro atoms. The standard InChI is InChI=1S/C18H28N4O4S.ClH/c1-21(2)18(24)14-6-8-16(9-7-14)27(25,26)22-12-4-3-5-15(22)13-20-17(23)10-11-19;/h6-9,15H,3-5,10-13,19H2,1-2H3,(H,20,23);1H. The van der Waals surface area contributed by atoms with Gasteiger partial charge in [-0.3, -0.25) is 9.59 Å². The van der Waals surface area contributed by atoms with Crippen molar-refractivity contribution in [3.05, 3.63) is 29.8 Å². The van der Waals surface area contributed by atoms with E-state index < -0.39 is 10.0 Å². The molecule has 1 heterocycles. The first-order valence-corrected chi connectivity index (χ1v) is 10.5. The summed E-state index contributed by atoms with van der Waals surface area (Å²) in [5.41, 5.74) is 5.80. The average molecular weight is 433 g/mol. The predicted octanol–water partition coefficient (Wildman–Crippen LogP) is 0.818. The second-order valence-electron chi connectivity index (χ2n) is 6.83. The number of carbonyl (C=O) groups is 2. The molecule has 0 radical (unpaired) electrons. The summed E-state index contributed by atoms with van der Waals surface area (Å²) in [6, 6.07) is 5.69. The van der Waals surface area contributed by atoms with Gasteiger partial charge in [-0.05, 0) is 37.1 Å². The summed E-state index contributed by atoms with van der Waals surface area (Å²) >= 11 is 0. The van der Waals surface area contributed by atoms with Crippen molar-refractivity contribution in [3.8, 4) is 0 Å². The lowest BCUT2D eigenvalue weighted by Gasteiger charge is -2.34. The van der Waals surface area contributed by atoms with E-state index in [1.807, 2.05) is 0 Å². The fourth-order valence-corrected chi connectivity index (χ4v) is 4.80. The van der Waals surface area contributed by atoms with E-state index in [4.69, 9.17) is 5.73 Å². The second-order valence-corrected chi connectivity index (χ2v) is 8.72. The van der Waals surface area contributed by atoms with E-state index in [9.17, 15) is 18.0 Å². The van der Waals surface area contributed by atoms with E-state index in [2.05, 4.69) is 5.32 Å². The molecule has 1 aliphatic heterocycles. The molecule has 3 N–H and O–H groups in total. The number of carbonyl (C=O) groups excluding carboxylic acids is 2. The molecule has 0 aromatic heterocycles. The van der Waals surface area contributed by atoms with Gasteiger partial charge in [-0.2, -0.15) is 4.31 Å². The number of rotatable bonds is 7. The summed E-state index contributed by atoms with van der Waals surface area (Å²) in [6.45, 7) is 0.948. The molecule has 1 fully saturated rings. The van der Waals surface area contributed by atoms with Gasteiger partial charge in [-0.1, -0.05) is 6.42 Å². The molecule has 8 nitrogen and oxygen atoms in total. The molecule has 1 aromatic carbocycles. The summed E-state index contributed by atoms with van der Waals surface area (Å²) in [6.07, 6.45) is 2.61. The number of hydrogen-bond acceptors (Lipinski definition) is 5. The topological polar surface area (TPSA) is 113 Å². The lowest BCUT2D eigenvalue weighted by Crippen LogP contribution is -2.49. The largest absolute Gasteiger partial charge is 0.354 e. The highest BCUT2D eigenvalue weighted by Gasteiger charge is 2.33. The van der Waals surface area contributed by atoms with Crippen LogP contribution in [0.15, 0.2) is 29.2 Å². The Hall–Kier alpha value is -1.68.